The fraction of sp³-hybridized carbons (Fsp3) is 0.385. The van der Waals surface area contributed by atoms with E-state index in [1.54, 1.807) is 17.6 Å². The molecule has 0 radical (unpaired) electrons. The molecule has 2 heterocycles. The van der Waals surface area contributed by atoms with Crippen molar-refractivity contribution in [2.45, 2.75) is 19.4 Å². The number of ketones is 1. The lowest BCUT2D eigenvalue weighted by Gasteiger charge is -2.37. The first-order valence-electron chi connectivity index (χ1n) is 12.1. The Balaban J connectivity index is 1.35. The van der Waals surface area contributed by atoms with Crippen molar-refractivity contribution in [2.75, 3.05) is 38.6 Å². The van der Waals surface area contributed by atoms with Crippen LogP contribution in [-0.4, -0.2) is 78.6 Å². The molecule has 0 spiro atoms. The minimum absolute atomic E-state index is 0.0659. The van der Waals surface area contributed by atoms with Gasteiger partial charge in [0.15, 0.2) is 5.78 Å². The van der Waals surface area contributed by atoms with Gasteiger partial charge in [-0.05, 0) is 47.7 Å². The fourth-order valence-electron chi connectivity index (χ4n) is 5.46. The highest BCUT2D eigenvalue weighted by Gasteiger charge is 2.34. The second kappa shape index (κ2) is 10.6. The monoisotopic (exact) mass is 509 g/mol. The van der Waals surface area contributed by atoms with Crippen LogP contribution in [0.25, 0.3) is 10.9 Å². The maximum atomic E-state index is 13.7. The van der Waals surface area contributed by atoms with Crippen LogP contribution < -0.4 is 5.48 Å². The van der Waals surface area contributed by atoms with Crippen LogP contribution in [0.4, 0.5) is 0 Å². The average molecular weight is 510 g/mol. The van der Waals surface area contributed by atoms with Gasteiger partial charge in [-0.2, -0.15) is 0 Å². The smallest absolute Gasteiger partial charge is 0.274 e. The van der Waals surface area contributed by atoms with Crippen molar-refractivity contribution < 1.29 is 23.6 Å². The van der Waals surface area contributed by atoms with E-state index in [0.717, 1.165) is 53.7 Å². The van der Waals surface area contributed by atoms with Crippen molar-refractivity contribution in [1.29, 1.82) is 0 Å². The van der Waals surface area contributed by atoms with Crippen molar-refractivity contribution >= 4 is 33.7 Å². The molecule has 3 aromatic rings. The summed E-state index contributed by atoms with van der Waals surface area (Å²) in [6, 6.07) is 15.1. The number of aromatic nitrogens is 1. The molecule has 10 heteroatoms. The van der Waals surface area contributed by atoms with Crippen molar-refractivity contribution in [3.05, 3.63) is 70.9 Å². The summed E-state index contributed by atoms with van der Waals surface area (Å²) in [6.07, 6.45) is 1.59. The molecule has 2 unspecified atom stereocenters. The summed E-state index contributed by atoms with van der Waals surface area (Å²) in [5.41, 5.74) is 5.91. The Morgan fingerprint density at radius 1 is 1.06 bits per heavy atom. The van der Waals surface area contributed by atoms with E-state index in [1.807, 2.05) is 41.3 Å². The van der Waals surface area contributed by atoms with E-state index >= 15 is 0 Å². The van der Waals surface area contributed by atoms with E-state index < -0.39 is 17.0 Å². The zero-order valence-corrected chi connectivity index (χ0v) is 20.7. The summed E-state index contributed by atoms with van der Waals surface area (Å²) >= 11 is -2.07. The predicted octanol–water partition coefficient (Wildman–Crippen LogP) is 2.01. The van der Waals surface area contributed by atoms with Crippen molar-refractivity contribution in [3.63, 3.8) is 0 Å². The summed E-state index contributed by atoms with van der Waals surface area (Å²) in [4.78, 5) is 29.6. The summed E-state index contributed by atoms with van der Waals surface area (Å²) in [5, 5.41) is 9.82. The van der Waals surface area contributed by atoms with Crippen LogP contribution in [0.2, 0.25) is 0 Å². The number of amides is 1. The first-order valence-corrected chi connectivity index (χ1v) is 13.4. The largest absolute Gasteiger partial charge is 0.771 e. The van der Waals surface area contributed by atoms with Crippen LogP contribution in [0.3, 0.4) is 0 Å². The van der Waals surface area contributed by atoms with Gasteiger partial charge in [-0.1, -0.05) is 30.3 Å². The van der Waals surface area contributed by atoms with Crippen molar-refractivity contribution in [3.8, 4) is 0 Å². The lowest BCUT2D eigenvalue weighted by Crippen LogP contribution is -2.49. The van der Waals surface area contributed by atoms with Gasteiger partial charge in [0.05, 0.1) is 5.88 Å². The number of hydroxylamine groups is 1. The first-order chi connectivity index (χ1) is 17.4. The minimum atomic E-state index is -2.07. The molecule has 1 aliphatic heterocycles. The zero-order chi connectivity index (χ0) is 25.2. The van der Waals surface area contributed by atoms with Crippen molar-refractivity contribution in [1.82, 2.24) is 19.8 Å². The number of carbonyl (C=O) groups is 2. The van der Waals surface area contributed by atoms with Gasteiger partial charge in [0.25, 0.3) is 5.91 Å². The summed E-state index contributed by atoms with van der Waals surface area (Å²) in [7, 11) is 0. The Labute approximate surface area is 211 Å². The van der Waals surface area contributed by atoms with Crippen LogP contribution in [0.5, 0.6) is 0 Å². The molecule has 2 aromatic carbocycles. The van der Waals surface area contributed by atoms with Gasteiger partial charge >= 0.3 is 0 Å². The average Bonchev–Trinajstić information content (AvgIpc) is 3.20. The molecule has 1 aromatic heterocycles. The molecule has 1 aliphatic carbocycles. The van der Waals surface area contributed by atoms with Crippen LogP contribution in [0.15, 0.2) is 48.5 Å². The maximum absolute atomic E-state index is 13.7. The van der Waals surface area contributed by atoms with Gasteiger partial charge in [0.2, 0.25) is 0 Å². The minimum Gasteiger partial charge on any atom is -0.771 e. The van der Waals surface area contributed by atoms with E-state index in [2.05, 4.69) is 9.47 Å². The van der Waals surface area contributed by atoms with Crippen LogP contribution in [0.1, 0.15) is 38.4 Å². The predicted molar refractivity (Wildman–Crippen MR) is 135 cm³/mol. The van der Waals surface area contributed by atoms with E-state index in [0.29, 0.717) is 31.7 Å². The lowest BCUT2D eigenvalue weighted by atomic mass is 9.84. The Morgan fingerprint density at radius 2 is 1.75 bits per heavy atom. The summed E-state index contributed by atoms with van der Waals surface area (Å²) < 4.78 is 24.2. The molecule has 9 nitrogen and oxygen atoms in total. The van der Waals surface area contributed by atoms with Gasteiger partial charge in [0.1, 0.15) is 0 Å². The highest BCUT2D eigenvalue weighted by Crippen LogP contribution is 2.35. The third-order valence-electron chi connectivity index (χ3n) is 7.32. The molecule has 2 atom stereocenters. The Hall–Kier alpha value is -2.89. The number of nitrogens with one attached hydrogen (secondary N) is 1. The molecule has 2 aliphatic rings. The van der Waals surface area contributed by atoms with Crippen LogP contribution >= 0.6 is 0 Å². The van der Waals surface area contributed by atoms with Crippen LogP contribution in [-0.2, 0) is 24.0 Å². The van der Waals surface area contributed by atoms with E-state index in [9.17, 15) is 18.4 Å². The Bertz CT molecular complexity index is 1300. The number of hydrogen-bond acceptors (Lipinski definition) is 7. The van der Waals surface area contributed by atoms with E-state index in [4.69, 9.17) is 5.21 Å². The molecular weight excluding hydrogens is 480 g/mol. The number of carbonyl (C=O) groups excluding carboxylic acids is 2. The van der Waals surface area contributed by atoms with E-state index in [-0.39, 0.29) is 17.6 Å². The third kappa shape index (κ3) is 5.00. The van der Waals surface area contributed by atoms with Gasteiger partial charge in [-0.25, -0.2) is 5.48 Å². The number of nitrogens with zero attached hydrogens (tertiary/aromatic N) is 3. The molecule has 0 bridgehead atoms. The number of fused-ring (bicyclic) bond motifs is 3. The number of rotatable bonds is 7. The summed E-state index contributed by atoms with van der Waals surface area (Å²) in [6.45, 7) is 4.19. The Morgan fingerprint density at radius 3 is 2.44 bits per heavy atom. The van der Waals surface area contributed by atoms with Crippen molar-refractivity contribution in [2.24, 2.45) is 5.92 Å². The second-order valence-corrected chi connectivity index (χ2v) is 10.4. The van der Waals surface area contributed by atoms with Gasteiger partial charge < -0.3 is 14.0 Å². The third-order valence-corrected chi connectivity index (χ3v) is 7.89. The molecule has 1 amide bonds. The number of Topliss-reactive ketones (excluding diaryl/α,β-unsaturated/α-hetero) is 1. The zero-order valence-electron chi connectivity index (χ0n) is 19.9. The molecular formula is C26H29N4O5S-. The molecule has 190 valence electrons. The number of benzene rings is 2. The molecule has 5 rings (SSSR count). The van der Waals surface area contributed by atoms with Crippen LogP contribution in [0, 0.1) is 5.92 Å². The SMILES string of the molecule is O=C(NO)c1ccc(Cn2c3c(c4ccccc42)C(=O)C(CN2CCN(CS(=O)[O-])CC2)CC3)cc1. The van der Waals surface area contributed by atoms with E-state index in [1.165, 1.54) is 0 Å². The topological polar surface area (TPSA) is 118 Å². The highest BCUT2D eigenvalue weighted by atomic mass is 32.2. The molecule has 1 fully saturated rings. The fourth-order valence-corrected chi connectivity index (χ4v) is 6.02. The summed E-state index contributed by atoms with van der Waals surface area (Å²) in [5.74, 6) is -0.377. The highest BCUT2D eigenvalue weighted by molar-refractivity contribution is 7.79. The first kappa shape index (κ1) is 24.8. The van der Waals surface area contributed by atoms with Gasteiger partial charge in [0, 0.05) is 72.9 Å². The second-order valence-electron chi connectivity index (χ2n) is 9.51. The molecule has 0 saturated carbocycles. The molecule has 1 saturated heterocycles. The quantitative estimate of drug-likeness (QED) is 0.284. The van der Waals surface area contributed by atoms with Gasteiger partial charge in [-0.15, -0.1) is 0 Å². The number of hydrogen-bond donors (Lipinski definition) is 2. The van der Waals surface area contributed by atoms with Gasteiger partial charge in [-0.3, -0.25) is 23.9 Å². The Kier molecular flexibility index (Phi) is 7.31. The molecule has 2 N–H and O–H groups in total. The normalized spacial score (nSPS) is 19.8. The molecule has 36 heavy (non-hydrogen) atoms. The number of piperazine rings is 1. The lowest BCUT2D eigenvalue weighted by molar-refractivity contribution is 0.0706. The maximum Gasteiger partial charge on any atom is 0.274 e. The number of para-hydroxylation sites is 1. The standard InChI is InChI=1S/C26H30N4O5S/c31-25-20(16-28-11-13-29(14-12-28)17-36(34)35)9-10-23-24(25)21-3-1-2-4-22(21)30(23)15-18-5-7-19(8-6-18)26(32)27-33/h1-8,20,33H,9-17H2,(H,27,32)(H,34,35)/p-1.